The third kappa shape index (κ3) is 4.62. The second-order valence-electron chi connectivity index (χ2n) is 7.10. The lowest BCUT2D eigenvalue weighted by molar-refractivity contribution is -0.137. The van der Waals surface area contributed by atoms with Crippen LogP contribution in [0.2, 0.25) is 0 Å². The molecule has 2 amide bonds. The summed E-state index contributed by atoms with van der Waals surface area (Å²) in [6, 6.07) is 8.78. The Hall–Kier alpha value is -3.99. The van der Waals surface area contributed by atoms with E-state index in [1.165, 1.54) is 17.7 Å². The molecule has 0 aliphatic rings. The van der Waals surface area contributed by atoms with Gasteiger partial charge in [0.05, 0.1) is 21.3 Å². The number of nitrogens with one attached hydrogen (secondary N) is 2. The first-order valence-corrected chi connectivity index (χ1v) is 10.4. The van der Waals surface area contributed by atoms with Gasteiger partial charge in [-0.15, -0.1) is 11.3 Å². The van der Waals surface area contributed by atoms with E-state index in [0.29, 0.717) is 27.2 Å². The van der Waals surface area contributed by atoms with Crippen LogP contribution >= 0.6 is 11.3 Å². The van der Waals surface area contributed by atoms with E-state index in [1.54, 1.807) is 30.5 Å². The van der Waals surface area contributed by atoms with Crippen LogP contribution in [0.5, 0.6) is 0 Å². The minimum Gasteiger partial charge on any atom is -0.382 e. The van der Waals surface area contributed by atoms with Gasteiger partial charge in [0.25, 0.3) is 11.8 Å². The fourth-order valence-corrected chi connectivity index (χ4v) is 3.97. The molecule has 0 radical (unpaired) electrons. The van der Waals surface area contributed by atoms with Crippen molar-refractivity contribution in [3.8, 4) is 0 Å². The van der Waals surface area contributed by atoms with Crippen LogP contribution in [0.3, 0.4) is 0 Å². The second kappa shape index (κ2) is 8.51. The summed E-state index contributed by atoms with van der Waals surface area (Å²) in [5.74, 6) is -0.706. The summed E-state index contributed by atoms with van der Waals surface area (Å²) in [6.07, 6.45) is -3.20. The minimum absolute atomic E-state index is 0.0659. The van der Waals surface area contributed by atoms with Crippen LogP contribution in [0.4, 0.5) is 30.4 Å². The van der Waals surface area contributed by atoms with Gasteiger partial charge < -0.3 is 16.4 Å². The van der Waals surface area contributed by atoms with E-state index >= 15 is 0 Å². The average molecular weight is 471 g/mol. The molecular formula is C22H16F3N5O2S. The Bertz CT molecular complexity index is 1370. The van der Waals surface area contributed by atoms with E-state index in [9.17, 15) is 22.8 Å². The number of amides is 2. The first kappa shape index (κ1) is 22.2. The molecule has 168 valence electrons. The number of aryl methyl sites for hydroxylation is 1. The molecule has 0 aliphatic heterocycles. The first-order chi connectivity index (χ1) is 15.6. The summed E-state index contributed by atoms with van der Waals surface area (Å²) < 4.78 is 38.8. The Balaban J connectivity index is 1.52. The van der Waals surface area contributed by atoms with Gasteiger partial charge in [-0.25, -0.2) is 9.97 Å². The molecule has 0 atom stereocenters. The molecule has 33 heavy (non-hydrogen) atoms. The Morgan fingerprint density at radius 1 is 1.00 bits per heavy atom. The zero-order valence-electron chi connectivity index (χ0n) is 17.0. The molecule has 7 nitrogen and oxygen atoms in total. The highest BCUT2D eigenvalue weighted by molar-refractivity contribution is 7.18. The van der Waals surface area contributed by atoms with Gasteiger partial charge in [-0.1, -0.05) is 6.07 Å². The zero-order chi connectivity index (χ0) is 23.8. The molecular weight excluding hydrogens is 455 g/mol. The Kier molecular flexibility index (Phi) is 5.73. The number of nitrogens with zero attached hydrogens (tertiary/aromatic N) is 2. The number of fused-ring (bicyclic) bond motifs is 1. The van der Waals surface area contributed by atoms with E-state index in [2.05, 4.69) is 20.6 Å². The number of rotatable bonds is 4. The largest absolute Gasteiger partial charge is 0.416 e. The van der Waals surface area contributed by atoms with E-state index in [1.807, 2.05) is 0 Å². The second-order valence-corrected chi connectivity index (χ2v) is 7.98. The van der Waals surface area contributed by atoms with Crippen molar-refractivity contribution < 1.29 is 22.8 Å². The zero-order valence-corrected chi connectivity index (χ0v) is 17.8. The molecule has 0 saturated heterocycles. The lowest BCUT2D eigenvalue weighted by atomic mass is 10.1. The Labute approximate surface area is 189 Å². The number of benzene rings is 2. The summed E-state index contributed by atoms with van der Waals surface area (Å²) in [6.45, 7) is 1.78. The number of carbonyl (C=O) groups excluding carboxylic acids is 2. The van der Waals surface area contributed by atoms with Crippen LogP contribution in [-0.4, -0.2) is 21.8 Å². The van der Waals surface area contributed by atoms with Gasteiger partial charge in [-0.3, -0.25) is 9.59 Å². The van der Waals surface area contributed by atoms with Crippen LogP contribution in [0.1, 0.15) is 31.8 Å². The maximum atomic E-state index is 12.8. The maximum Gasteiger partial charge on any atom is 0.416 e. The minimum atomic E-state index is -4.48. The number of anilines is 3. The van der Waals surface area contributed by atoms with Gasteiger partial charge in [0.2, 0.25) is 0 Å². The highest BCUT2D eigenvalue weighted by Crippen LogP contribution is 2.30. The summed E-state index contributed by atoms with van der Waals surface area (Å²) in [7, 11) is 0. The lowest BCUT2D eigenvalue weighted by Gasteiger charge is -2.12. The van der Waals surface area contributed by atoms with Crippen molar-refractivity contribution in [3.63, 3.8) is 0 Å². The van der Waals surface area contributed by atoms with Crippen molar-refractivity contribution in [2.75, 3.05) is 16.4 Å². The predicted molar refractivity (Wildman–Crippen MR) is 120 cm³/mol. The molecule has 11 heteroatoms. The van der Waals surface area contributed by atoms with E-state index in [0.717, 1.165) is 29.8 Å². The van der Waals surface area contributed by atoms with Crippen molar-refractivity contribution in [3.05, 3.63) is 76.4 Å². The molecule has 0 bridgehead atoms. The van der Waals surface area contributed by atoms with Gasteiger partial charge in [0.1, 0.15) is 12.1 Å². The molecule has 2 aromatic carbocycles. The van der Waals surface area contributed by atoms with Crippen LogP contribution in [0, 0.1) is 6.92 Å². The molecule has 4 aromatic rings. The Morgan fingerprint density at radius 2 is 1.73 bits per heavy atom. The van der Waals surface area contributed by atoms with E-state index < -0.39 is 23.6 Å². The molecule has 0 fully saturated rings. The molecule has 2 aromatic heterocycles. The van der Waals surface area contributed by atoms with Gasteiger partial charge >= 0.3 is 6.18 Å². The van der Waals surface area contributed by atoms with Crippen LogP contribution in [-0.2, 0) is 6.18 Å². The number of aromatic nitrogens is 2. The normalized spacial score (nSPS) is 11.4. The topological polar surface area (TPSA) is 110 Å². The summed E-state index contributed by atoms with van der Waals surface area (Å²) in [5.41, 5.74) is 7.38. The van der Waals surface area contributed by atoms with Gasteiger partial charge in [0.15, 0.2) is 0 Å². The number of halogens is 3. The third-order valence-corrected chi connectivity index (χ3v) is 5.84. The number of nitrogen functional groups attached to an aromatic ring is 1. The molecule has 0 unspecified atom stereocenters. The molecule has 0 spiro atoms. The average Bonchev–Trinajstić information content (AvgIpc) is 3.21. The SMILES string of the molecule is Cc1ccc(NC(=O)c2ccc(C(F)(F)F)cc2)cc1NC(=O)c1csc2c(N)ncnc12. The predicted octanol–water partition coefficient (Wildman–Crippen LogP) is 5.11. The van der Waals surface area contributed by atoms with Gasteiger partial charge in [-0.05, 0) is 48.9 Å². The van der Waals surface area contributed by atoms with Crippen LogP contribution in [0.25, 0.3) is 10.2 Å². The standard InChI is InChI=1S/C22H16F3N5O2S/c1-11-2-7-14(29-20(31)12-3-5-13(6-4-12)22(23,24)25)8-16(11)30-21(32)15-9-33-18-17(15)27-10-28-19(18)26/h2-10H,1H3,(H,29,31)(H,30,32)(H2,26,27,28). The highest BCUT2D eigenvalue weighted by atomic mass is 32.1. The van der Waals surface area contributed by atoms with E-state index in [4.69, 9.17) is 5.73 Å². The summed E-state index contributed by atoms with van der Waals surface area (Å²) in [5, 5.41) is 7.05. The third-order valence-electron chi connectivity index (χ3n) is 4.84. The Morgan fingerprint density at radius 3 is 2.42 bits per heavy atom. The molecule has 0 saturated carbocycles. The smallest absolute Gasteiger partial charge is 0.382 e. The molecule has 2 heterocycles. The quantitative estimate of drug-likeness (QED) is 0.383. The fourth-order valence-electron chi connectivity index (χ4n) is 3.07. The van der Waals surface area contributed by atoms with Crippen molar-refractivity contribution in [2.45, 2.75) is 13.1 Å². The first-order valence-electron chi connectivity index (χ1n) is 9.52. The van der Waals surface area contributed by atoms with Crippen LogP contribution in [0.15, 0.2) is 54.2 Å². The molecule has 4 N–H and O–H groups in total. The number of thiophene rings is 1. The van der Waals surface area contributed by atoms with Crippen molar-refractivity contribution >= 4 is 50.6 Å². The van der Waals surface area contributed by atoms with Crippen molar-refractivity contribution in [1.29, 1.82) is 0 Å². The molecule has 4 rings (SSSR count). The highest BCUT2D eigenvalue weighted by Gasteiger charge is 2.30. The van der Waals surface area contributed by atoms with Crippen LogP contribution < -0.4 is 16.4 Å². The fraction of sp³-hybridized carbons (Fsp3) is 0.0909. The lowest BCUT2D eigenvalue weighted by Crippen LogP contribution is -2.15. The van der Waals surface area contributed by atoms with Gasteiger partial charge in [0, 0.05) is 22.3 Å². The monoisotopic (exact) mass is 471 g/mol. The molecule has 0 aliphatic carbocycles. The van der Waals surface area contributed by atoms with Crippen molar-refractivity contribution in [1.82, 2.24) is 9.97 Å². The summed E-state index contributed by atoms with van der Waals surface area (Å²) in [4.78, 5) is 33.3. The van der Waals surface area contributed by atoms with E-state index in [-0.39, 0.29) is 11.4 Å². The van der Waals surface area contributed by atoms with Gasteiger partial charge in [-0.2, -0.15) is 13.2 Å². The summed E-state index contributed by atoms with van der Waals surface area (Å²) >= 11 is 1.26. The number of hydrogen-bond donors (Lipinski definition) is 3. The number of carbonyl (C=O) groups is 2. The number of alkyl halides is 3. The number of nitrogens with two attached hydrogens (primary N) is 1. The maximum absolute atomic E-state index is 12.8. The number of hydrogen-bond acceptors (Lipinski definition) is 6. The van der Waals surface area contributed by atoms with Crippen molar-refractivity contribution in [2.24, 2.45) is 0 Å².